The van der Waals surface area contributed by atoms with Gasteiger partial charge in [0.1, 0.15) is 5.82 Å². The molecule has 1 unspecified atom stereocenters. The average molecular weight is 328 g/mol. The first-order valence-corrected chi connectivity index (χ1v) is 8.76. The van der Waals surface area contributed by atoms with Gasteiger partial charge in [0.15, 0.2) is 5.16 Å². The van der Waals surface area contributed by atoms with E-state index in [0.717, 1.165) is 17.0 Å². The predicted molar refractivity (Wildman–Crippen MR) is 85.8 cm³/mol. The summed E-state index contributed by atoms with van der Waals surface area (Å²) in [6, 6.07) is 4.67. The zero-order chi connectivity index (χ0) is 15.4. The van der Waals surface area contributed by atoms with Gasteiger partial charge in [0.05, 0.1) is 16.8 Å². The largest absolute Gasteiger partial charge is 0.481 e. The van der Waals surface area contributed by atoms with E-state index in [-0.39, 0.29) is 17.6 Å². The zero-order valence-corrected chi connectivity index (χ0v) is 13.5. The highest BCUT2D eigenvalue weighted by Crippen LogP contribution is 2.29. The molecule has 2 aromatic rings. The number of carboxylic acid groups (broad SMARTS) is 1. The number of rotatable bonds is 7. The van der Waals surface area contributed by atoms with Crippen molar-refractivity contribution >= 4 is 40.5 Å². The first kappa shape index (κ1) is 16.2. The second-order valence-electron chi connectivity index (χ2n) is 4.59. The van der Waals surface area contributed by atoms with E-state index >= 15 is 0 Å². The normalized spacial score (nSPS) is 12.7. The number of thioether (sulfide) groups is 2. The third-order valence-electron chi connectivity index (χ3n) is 2.95. The van der Waals surface area contributed by atoms with Gasteiger partial charge in [-0.2, -0.15) is 11.8 Å². The lowest BCUT2D eigenvalue weighted by molar-refractivity contribution is -0.133. The Morgan fingerprint density at radius 3 is 2.95 bits per heavy atom. The fourth-order valence-corrected chi connectivity index (χ4v) is 3.63. The standard InChI is InChI=1S/C14H17FN2O2S2/c1-3-20-7-9(2)17-12-5-4-10(15)6-11(12)16-14(17)21-8-13(18)19/h4-6,9H,3,7-8H2,1-2H3,(H,18,19). The van der Waals surface area contributed by atoms with Crippen LogP contribution in [0.1, 0.15) is 19.9 Å². The Bertz CT molecular complexity index is 645. The van der Waals surface area contributed by atoms with Gasteiger partial charge in [-0.1, -0.05) is 18.7 Å². The number of fused-ring (bicyclic) bond motifs is 1. The molecule has 0 saturated heterocycles. The summed E-state index contributed by atoms with van der Waals surface area (Å²) in [6.07, 6.45) is 0. The summed E-state index contributed by atoms with van der Waals surface area (Å²) < 4.78 is 15.3. The highest BCUT2D eigenvalue weighted by molar-refractivity contribution is 7.99. The van der Waals surface area contributed by atoms with Gasteiger partial charge in [-0.3, -0.25) is 4.79 Å². The van der Waals surface area contributed by atoms with Gasteiger partial charge in [-0.05, 0) is 24.8 Å². The molecule has 0 fully saturated rings. The molecule has 0 radical (unpaired) electrons. The van der Waals surface area contributed by atoms with Crippen LogP contribution in [0.15, 0.2) is 23.4 Å². The molecule has 1 aromatic heterocycles. The fraction of sp³-hybridized carbons (Fsp3) is 0.429. The fourth-order valence-electron chi connectivity index (χ4n) is 2.07. The molecule has 21 heavy (non-hydrogen) atoms. The molecule has 2 rings (SSSR count). The van der Waals surface area contributed by atoms with Crippen molar-refractivity contribution in [2.45, 2.75) is 25.0 Å². The van der Waals surface area contributed by atoms with Crippen molar-refractivity contribution in [3.8, 4) is 0 Å². The minimum absolute atomic E-state index is 0.0561. The Labute approximate surface area is 131 Å². The lowest BCUT2D eigenvalue weighted by Crippen LogP contribution is -2.10. The summed E-state index contributed by atoms with van der Waals surface area (Å²) in [6.45, 7) is 4.16. The van der Waals surface area contributed by atoms with Gasteiger partial charge in [0, 0.05) is 17.9 Å². The number of nitrogens with zero attached hydrogens (tertiary/aromatic N) is 2. The Hall–Kier alpha value is -1.21. The summed E-state index contributed by atoms with van der Waals surface area (Å²) in [5.74, 6) is 0.640. The van der Waals surface area contributed by atoms with E-state index in [4.69, 9.17) is 5.11 Å². The van der Waals surface area contributed by atoms with E-state index in [0.29, 0.717) is 10.7 Å². The number of hydrogen-bond acceptors (Lipinski definition) is 4. The Morgan fingerprint density at radius 1 is 1.52 bits per heavy atom. The quantitative estimate of drug-likeness (QED) is 0.786. The van der Waals surface area contributed by atoms with Crippen LogP contribution in [-0.4, -0.2) is 37.9 Å². The summed E-state index contributed by atoms with van der Waals surface area (Å²) in [7, 11) is 0. The van der Waals surface area contributed by atoms with E-state index in [1.807, 2.05) is 16.3 Å². The highest BCUT2D eigenvalue weighted by Gasteiger charge is 2.17. The Kier molecular flexibility index (Phi) is 5.52. The maximum atomic E-state index is 13.3. The smallest absolute Gasteiger partial charge is 0.313 e. The maximum absolute atomic E-state index is 13.3. The molecule has 0 amide bonds. The molecule has 0 aliphatic carbocycles. The molecule has 7 heteroatoms. The highest BCUT2D eigenvalue weighted by atomic mass is 32.2. The van der Waals surface area contributed by atoms with Crippen LogP contribution in [0.25, 0.3) is 11.0 Å². The maximum Gasteiger partial charge on any atom is 0.313 e. The van der Waals surface area contributed by atoms with Crippen molar-refractivity contribution < 1.29 is 14.3 Å². The molecule has 1 aromatic carbocycles. The molecule has 114 valence electrons. The van der Waals surface area contributed by atoms with E-state index in [9.17, 15) is 9.18 Å². The number of halogens is 1. The molecular formula is C14H17FN2O2S2. The first-order valence-electron chi connectivity index (χ1n) is 6.62. The van der Waals surface area contributed by atoms with E-state index in [1.54, 1.807) is 6.07 Å². The lowest BCUT2D eigenvalue weighted by atomic mass is 10.3. The Morgan fingerprint density at radius 2 is 2.29 bits per heavy atom. The van der Waals surface area contributed by atoms with E-state index in [1.165, 1.54) is 23.9 Å². The van der Waals surface area contributed by atoms with Gasteiger partial charge >= 0.3 is 5.97 Å². The number of carboxylic acids is 1. The number of benzene rings is 1. The Balaban J connectivity index is 2.41. The van der Waals surface area contributed by atoms with Crippen molar-refractivity contribution in [2.75, 3.05) is 17.3 Å². The van der Waals surface area contributed by atoms with Crippen LogP contribution >= 0.6 is 23.5 Å². The second-order valence-corrected chi connectivity index (χ2v) is 6.85. The van der Waals surface area contributed by atoms with Crippen LogP contribution in [0, 0.1) is 5.82 Å². The van der Waals surface area contributed by atoms with Crippen molar-refractivity contribution in [1.29, 1.82) is 0 Å². The molecule has 1 heterocycles. The monoisotopic (exact) mass is 328 g/mol. The predicted octanol–water partition coefficient (Wildman–Crippen LogP) is 3.67. The summed E-state index contributed by atoms with van der Waals surface area (Å²) in [5.41, 5.74) is 1.41. The van der Waals surface area contributed by atoms with Gasteiger partial charge in [-0.15, -0.1) is 0 Å². The molecule has 1 N–H and O–H groups in total. The van der Waals surface area contributed by atoms with E-state index < -0.39 is 5.97 Å². The molecule has 0 saturated carbocycles. The molecule has 0 bridgehead atoms. The minimum Gasteiger partial charge on any atom is -0.481 e. The first-order chi connectivity index (χ1) is 10.0. The number of hydrogen-bond donors (Lipinski definition) is 1. The molecule has 1 atom stereocenters. The summed E-state index contributed by atoms with van der Waals surface area (Å²) in [4.78, 5) is 15.2. The second kappa shape index (κ2) is 7.17. The SMILES string of the molecule is CCSCC(C)n1c(SCC(=O)O)nc2cc(F)ccc21. The van der Waals surface area contributed by atoms with Crippen molar-refractivity contribution in [2.24, 2.45) is 0 Å². The van der Waals surface area contributed by atoms with Gasteiger partial charge in [0.25, 0.3) is 0 Å². The number of aromatic nitrogens is 2. The van der Waals surface area contributed by atoms with Crippen molar-refractivity contribution in [3.63, 3.8) is 0 Å². The van der Waals surface area contributed by atoms with Gasteiger partial charge in [0.2, 0.25) is 0 Å². The third-order valence-corrected chi connectivity index (χ3v) is 5.01. The van der Waals surface area contributed by atoms with Crippen LogP contribution < -0.4 is 0 Å². The van der Waals surface area contributed by atoms with E-state index in [2.05, 4.69) is 18.8 Å². The minimum atomic E-state index is -0.889. The summed E-state index contributed by atoms with van der Waals surface area (Å²) >= 11 is 2.98. The average Bonchev–Trinajstić information content (AvgIpc) is 2.79. The molecule has 0 spiro atoms. The van der Waals surface area contributed by atoms with Crippen LogP contribution in [0.5, 0.6) is 0 Å². The topological polar surface area (TPSA) is 55.1 Å². The summed E-state index contributed by atoms with van der Waals surface area (Å²) in [5, 5.41) is 9.47. The lowest BCUT2D eigenvalue weighted by Gasteiger charge is -2.16. The molecule has 0 aliphatic rings. The number of carbonyl (C=O) groups is 1. The number of aliphatic carboxylic acids is 1. The number of imidazole rings is 1. The van der Waals surface area contributed by atoms with Crippen molar-refractivity contribution in [3.05, 3.63) is 24.0 Å². The molecule has 0 aliphatic heterocycles. The van der Waals surface area contributed by atoms with Crippen LogP contribution in [0.2, 0.25) is 0 Å². The molecular weight excluding hydrogens is 311 g/mol. The molecule has 4 nitrogen and oxygen atoms in total. The van der Waals surface area contributed by atoms with Gasteiger partial charge in [-0.25, -0.2) is 9.37 Å². The van der Waals surface area contributed by atoms with Gasteiger partial charge < -0.3 is 9.67 Å². The van der Waals surface area contributed by atoms with Crippen molar-refractivity contribution in [1.82, 2.24) is 9.55 Å². The van der Waals surface area contributed by atoms with Crippen LogP contribution in [0.4, 0.5) is 4.39 Å². The zero-order valence-electron chi connectivity index (χ0n) is 11.9. The third kappa shape index (κ3) is 3.91. The van der Waals surface area contributed by atoms with Crippen LogP contribution in [-0.2, 0) is 4.79 Å². The van der Waals surface area contributed by atoms with Crippen LogP contribution in [0.3, 0.4) is 0 Å².